The van der Waals surface area contributed by atoms with Crippen molar-refractivity contribution in [3.8, 4) is 5.75 Å². The first-order chi connectivity index (χ1) is 11.8. The summed E-state index contributed by atoms with van der Waals surface area (Å²) in [5.74, 6) is -1.89. The SMILES string of the molecule is COc1ccc([N+](=O)[O-])cc1C(=O)O[C@H](C)C(=O)c1ccc(F)cc1. The molecule has 0 unspecified atom stereocenters. The number of carbonyl (C=O) groups is 2. The summed E-state index contributed by atoms with van der Waals surface area (Å²) in [4.78, 5) is 34.7. The van der Waals surface area contributed by atoms with Crippen molar-refractivity contribution in [1.82, 2.24) is 0 Å². The third-order valence-corrected chi connectivity index (χ3v) is 3.40. The molecule has 2 rings (SSSR count). The minimum Gasteiger partial charge on any atom is -0.496 e. The molecule has 130 valence electrons. The van der Waals surface area contributed by atoms with E-state index in [2.05, 4.69) is 0 Å². The van der Waals surface area contributed by atoms with E-state index < -0.39 is 28.6 Å². The van der Waals surface area contributed by atoms with E-state index in [4.69, 9.17) is 9.47 Å². The Morgan fingerprint density at radius 2 is 1.80 bits per heavy atom. The van der Waals surface area contributed by atoms with E-state index in [1.54, 1.807) is 0 Å². The quantitative estimate of drug-likeness (QED) is 0.345. The van der Waals surface area contributed by atoms with Crippen LogP contribution in [0, 0.1) is 15.9 Å². The number of nitro benzene ring substituents is 1. The van der Waals surface area contributed by atoms with Gasteiger partial charge in [0.15, 0.2) is 6.10 Å². The Labute approximate surface area is 142 Å². The summed E-state index contributed by atoms with van der Waals surface area (Å²) in [7, 11) is 1.30. The molecule has 0 fully saturated rings. The van der Waals surface area contributed by atoms with E-state index in [0.717, 1.165) is 18.2 Å². The van der Waals surface area contributed by atoms with Crippen LogP contribution < -0.4 is 4.74 Å². The number of hydrogen-bond acceptors (Lipinski definition) is 6. The highest BCUT2D eigenvalue weighted by molar-refractivity contribution is 6.02. The van der Waals surface area contributed by atoms with E-state index >= 15 is 0 Å². The molecule has 2 aromatic rings. The van der Waals surface area contributed by atoms with Gasteiger partial charge in [-0.05, 0) is 37.3 Å². The summed E-state index contributed by atoms with van der Waals surface area (Å²) in [6.07, 6.45) is -1.16. The summed E-state index contributed by atoms with van der Waals surface area (Å²) in [6.45, 7) is 1.35. The number of halogens is 1. The standard InChI is InChI=1S/C17H14FNO6/c1-10(16(20)11-3-5-12(18)6-4-11)25-17(21)14-9-13(19(22)23)7-8-15(14)24-2/h3-10H,1-2H3/t10-/m1/s1. The lowest BCUT2D eigenvalue weighted by Crippen LogP contribution is -2.24. The van der Waals surface area contributed by atoms with Gasteiger partial charge in [-0.15, -0.1) is 0 Å². The number of carbonyl (C=O) groups excluding carboxylic acids is 2. The molecule has 0 N–H and O–H groups in total. The number of ether oxygens (including phenoxy) is 2. The first-order valence-corrected chi connectivity index (χ1v) is 7.16. The number of hydrogen-bond donors (Lipinski definition) is 0. The number of Topliss-reactive ketones (excluding diaryl/α,β-unsaturated/α-hetero) is 1. The van der Waals surface area contributed by atoms with Gasteiger partial charge in [0.2, 0.25) is 5.78 Å². The number of esters is 1. The average Bonchev–Trinajstić information content (AvgIpc) is 2.60. The summed E-state index contributed by atoms with van der Waals surface area (Å²) in [6, 6.07) is 8.24. The third kappa shape index (κ3) is 4.17. The maximum atomic E-state index is 12.9. The number of nitro groups is 1. The Morgan fingerprint density at radius 3 is 2.36 bits per heavy atom. The Hall–Kier alpha value is -3.29. The van der Waals surface area contributed by atoms with Gasteiger partial charge in [-0.2, -0.15) is 0 Å². The second-order valence-electron chi connectivity index (χ2n) is 5.06. The Balaban J connectivity index is 2.20. The van der Waals surface area contributed by atoms with Gasteiger partial charge in [0, 0.05) is 17.7 Å². The Bertz CT molecular complexity index is 818. The largest absolute Gasteiger partial charge is 0.496 e. The predicted molar refractivity (Wildman–Crippen MR) is 85.3 cm³/mol. The molecule has 0 saturated heterocycles. The number of methoxy groups -OCH3 is 1. The topological polar surface area (TPSA) is 95.7 Å². The van der Waals surface area contributed by atoms with Gasteiger partial charge < -0.3 is 9.47 Å². The summed E-state index contributed by atoms with van der Waals surface area (Å²) in [5.41, 5.74) is -0.312. The highest BCUT2D eigenvalue weighted by Gasteiger charge is 2.24. The normalized spacial score (nSPS) is 11.5. The van der Waals surface area contributed by atoms with Crippen molar-refractivity contribution in [2.24, 2.45) is 0 Å². The summed E-state index contributed by atoms with van der Waals surface area (Å²) in [5, 5.41) is 10.8. The van der Waals surface area contributed by atoms with Crippen molar-refractivity contribution in [2.45, 2.75) is 13.0 Å². The molecule has 2 aromatic carbocycles. The second kappa shape index (κ2) is 7.52. The lowest BCUT2D eigenvalue weighted by Gasteiger charge is -2.14. The molecule has 25 heavy (non-hydrogen) atoms. The summed E-state index contributed by atoms with van der Waals surface area (Å²) >= 11 is 0. The number of non-ortho nitro benzene ring substituents is 1. The molecule has 0 aliphatic rings. The third-order valence-electron chi connectivity index (χ3n) is 3.40. The minimum absolute atomic E-state index is 0.0806. The molecular formula is C17H14FNO6. The van der Waals surface area contributed by atoms with Crippen molar-refractivity contribution >= 4 is 17.4 Å². The molecule has 0 aliphatic heterocycles. The minimum atomic E-state index is -1.16. The van der Waals surface area contributed by atoms with E-state index in [-0.39, 0.29) is 22.6 Å². The van der Waals surface area contributed by atoms with Crippen LogP contribution in [0.15, 0.2) is 42.5 Å². The molecule has 0 spiro atoms. The van der Waals surface area contributed by atoms with Gasteiger partial charge in [-0.1, -0.05) is 0 Å². The predicted octanol–water partition coefficient (Wildman–Crippen LogP) is 3.17. The van der Waals surface area contributed by atoms with Gasteiger partial charge >= 0.3 is 5.97 Å². The van der Waals surface area contributed by atoms with Crippen molar-refractivity contribution in [3.63, 3.8) is 0 Å². The number of nitrogens with zero attached hydrogens (tertiary/aromatic N) is 1. The van der Waals surface area contributed by atoms with Gasteiger partial charge in [-0.3, -0.25) is 14.9 Å². The Kier molecular flexibility index (Phi) is 5.43. The molecular weight excluding hydrogens is 333 g/mol. The fraction of sp³-hybridized carbons (Fsp3) is 0.176. The van der Waals surface area contributed by atoms with Crippen molar-refractivity contribution in [1.29, 1.82) is 0 Å². The van der Waals surface area contributed by atoms with E-state index in [0.29, 0.717) is 0 Å². The average molecular weight is 347 g/mol. The molecule has 7 nitrogen and oxygen atoms in total. The Morgan fingerprint density at radius 1 is 1.16 bits per heavy atom. The van der Waals surface area contributed by atoms with Crippen molar-refractivity contribution < 1.29 is 28.4 Å². The fourth-order valence-corrected chi connectivity index (χ4v) is 2.10. The van der Waals surface area contributed by atoms with Crippen LogP contribution in [0.4, 0.5) is 10.1 Å². The highest BCUT2D eigenvalue weighted by Crippen LogP contribution is 2.25. The van der Waals surface area contributed by atoms with Gasteiger partial charge in [0.25, 0.3) is 5.69 Å². The van der Waals surface area contributed by atoms with Gasteiger partial charge in [0.1, 0.15) is 17.1 Å². The zero-order valence-corrected chi connectivity index (χ0v) is 13.4. The molecule has 0 radical (unpaired) electrons. The molecule has 8 heteroatoms. The van der Waals surface area contributed by atoms with Gasteiger partial charge in [-0.25, -0.2) is 9.18 Å². The van der Waals surface area contributed by atoms with Crippen LogP contribution in [-0.4, -0.2) is 29.9 Å². The van der Waals surface area contributed by atoms with Crippen LogP contribution in [0.2, 0.25) is 0 Å². The molecule has 0 amide bonds. The number of ketones is 1. The lowest BCUT2D eigenvalue weighted by atomic mass is 10.1. The molecule has 0 saturated carbocycles. The van der Waals surface area contributed by atoms with E-state index in [1.165, 1.54) is 38.3 Å². The van der Waals surface area contributed by atoms with Crippen LogP contribution >= 0.6 is 0 Å². The van der Waals surface area contributed by atoms with Crippen molar-refractivity contribution in [3.05, 3.63) is 69.5 Å². The highest BCUT2D eigenvalue weighted by atomic mass is 19.1. The number of rotatable bonds is 6. The smallest absolute Gasteiger partial charge is 0.342 e. The first-order valence-electron chi connectivity index (χ1n) is 7.16. The zero-order valence-electron chi connectivity index (χ0n) is 13.4. The van der Waals surface area contributed by atoms with Gasteiger partial charge in [0.05, 0.1) is 12.0 Å². The van der Waals surface area contributed by atoms with Crippen LogP contribution in [0.3, 0.4) is 0 Å². The van der Waals surface area contributed by atoms with Crippen LogP contribution in [0.1, 0.15) is 27.6 Å². The molecule has 0 aliphatic carbocycles. The maximum Gasteiger partial charge on any atom is 0.342 e. The van der Waals surface area contributed by atoms with Crippen LogP contribution in [0.5, 0.6) is 5.75 Å². The van der Waals surface area contributed by atoms with Crippen LogP contribution in [0.25, 0.3) is 0 Å². The fourth-order valence-electron chi connectivity index (χ4n) is 2.10. The lowest BCUT2D eigenvalue weighted by molar-refractivity contribution is -0.384. The monoisotopic (exact) mass is 347 g/mol. The second-order valence-corrected chi connectivity index (χ2v) is 5.06. The molecule has 1 atom stereocenters. The summed E-state index contributed by atoms with van der Waals surface area (Å²) < 4.78 is 23.0. The number of benzene rings is 2. The van der Waals surface area contributed by atoms with E-state index in [1.807, 2.05) is 0 Å². The molecule has 0 bridgehead atoms. The van der Waals surface area contributed by atoms with Crippen LogP contribution in [-0.2, 0) is 4.74 Å². The first kappa shape index (κ1) is 18.1. The maximum absolute atomic E-state index is 12.9. The van der Waals surface area contributed by atoms with E-state index in [9.17, 15) is 24.1 Å². The molecule has 0 heterocycles. The zero-order chi connectivity index (χ0) is 18.6. The van der Waals surface area contributed by atoms with Crippen molar-refractivity contribution in [2.75, 3.05) is 7.11 Å². The molecule has 0 aromatic heterocycles.